The molecule has 1 aromatic carbocycles. The third-order valence-corrected chi connectivity index (χ3v) is 3.38. The van der Waals surface area contributed by atoms with Gasteiger partial charge in [0.1, 0.15) is 5.75 Å². The van der Waals surface area contributed by atoms with Gasteiger partial charge in [-0.1, -0.05) is 36.2 Å². The van der Waals surface area contributed by atoms with E-state index in [-0.39, 0.29) is 12.1 Å². The zero-order chi connectivity index (χ0) is 14.5. The fourth-order valence-electron chi connectivity index (χ4n) is 1.87. The number of rotatable bonds is 5. The molecule has 0 fully saturated rings. The summed E-state index contributed by atoms with van der Waals surface area (Å²) in [5.74, 6) is 0.585. The fraction of sp³-hybridized carbons (Fsp3) is 0.267. The van der Waals surface area contributed by atoms with Crippen LogP contribution in [0, 0.1) is 0 Å². The molecule has 0 aliphatic rings. The third kappa shape index (κ3) is 3.85. The summed E-state index contributed by atoms with van der Waals surface area (Å²) in [4.78, 5) is 4.32. The zero-order valence-electron chi connectivity index (χ0n) is 11.1. The summed E-state index contributed by atoms with van der Waals surface area (Å²) in [6.07, 6.45) is 2.16. The Hall–Kier alpha value is -1.29. The van der Waals surface area contributed by atoms with Gasteiger partial charge in [-0.05, 0) is 36.8 Å². The van der Waals surface area contributed by atoms with Gasteiger partial charge in [0.05, 0.1) is 5.69 Å². The third-order valence-electron chi connectivity index (χ3n) is 2.94. The lowest BCUT2D eigenvalue weighted by Gasteiger charge is -2.24. The molecule has 2 unspecified atom stereocenters. The molecule has 3 nitrogen and oxygen atoms in total. The molecule has 2 N–H and O–H groups in total. The van der Waals surface area contributed by atoms with Crippen molar-refractivity contribution >= 4 is 23.2 Å². The Balaban J connectivity index is 2.28. The molecule has 2 rings (SSSR count). The van der Waals surface area contributed by atoms with Gasteiger partial charge in [0, 0.05) is 22.3 Å². The summed E-state index contributed by atoms with van der Waals surface area (Å²) < 4.78 is 5.96. The smallest absolute Gasteiger partial charge is 0.155 e. The molecule has 5 heteroatoms. The number of nitrogens with two attached hydrogens (primary N) is 1. The molecule has 106 valence electrons. The predicted octanol–water partition coefficient (Wildman–Crippen LogP) is 4.25. The summed E-state index contributed by atoms with van der Waals surface area (Å²) in [5.41, 5.74) is 6.93. The van der Waals surface area contributed by atoms with Gasteiger partial charge in [-0.3, -0.25) is 4.98 Å². The normalized spacial score (nSPS) is 13.8. The standard InChI is InChI=1S/C15H16Cl2N2O/c1-2-13(18)15(14-5-3-4-6-19-14)20-12-8-10(16)7-11(17)9-12/h3-9,13,15H,2,18H2,1H3. The van der Waals surface area contributed by atoms with Crippen molar-refractivity contribution < 1.29 is 4.74 Å². The van der Waals surface area contributed by atoms with E-state index in [4.69, 9.17) is 33.7 Å². The summed E-state index contributed by atoms with van der Waals surface area (Å²) >= 11 is 12.0. The Morgan fingerprint density at radius 3 is 2.45 bits per heavy atom. The summed E-state index contributed by atoms with van der Waals surface area (Å²) in [6, 6.07) is 10.6. The first kappa shape index (κ1) is 15.1. The van der Waals surface area contributed by atoms with Gasteiger partial charge in [-0.15, -0.1) is 0 Å². The number of aromatic nitrogens is 1. The van der Waals surface area contributed by atoms with Crippen LogP contribution >= 0.6 is 23.2 Å². The predicted molar refractivity (Wildman–Crippen MR) is 82.3 cm³/mol. The van der Waals surface area contributed by atoms with E-state index in [2.05, 4.69) is 4.98 Å². The maximum Gasteiger partial charge on any atom is 0.155 e. The van der Waals surface area contributed by atoms with E-state index in [1.807, 2.05) is 25.1 Å². The maximum atomic E-state index is 6.14. The molecular weight excluding hydrogens is 295 g/mol. The number of benzene rings is 1. The van der Waals surface area contributed by atoms with Crippen LogP contribution in [-0.4, -0.2) is 11.0 Å². The van der Waals surface area contributed by atoms with E-state index in [1.54, 1.807) is 24.4 Å². The van der Waals surface area contributed by atoms with Crippen LogP contribution in [0.25, 0.3) is 0 Å². The topological polar surface area (TPSA) is 48.1 Å². The molecule has 0 aliphatic carbocycles. The van der Waals surface area contributed by atoms with Crippen molar-refractivity contribution in [2.24, 2.45) is 5.73 Å². The highest BCUT2D eigenvalue weighted by Gasteiger charge is 2.22. The average molecular weight is 311 g/mol. The van der Waals surface area contributed by atoms with E-state index < -0.39 is 0 Å². The molecule has 0 bridgehead atoms. The Morgan fingerprint density at radius 2 is 1.90 bits per heavy atom. The molecule has 0 radical (unpaired) electrons. The molecule has 0 aliphatic heterocycles. The number of ether oxygens (including phenoxy) is 1. The summed E-state index contributed by atoms with van der Waals surface area (Å²) in [6.45, 7) is 2.01. The first-order valence-electron chi connectivity index (χ1n) is 6.39. The first-order chi connectivity index (χ1) is 9.60. The van der Waals surface area contributed by atoms with Crippen LogP contribution in [0.1, 0.15) is 25.1 Å². The van der Waals surface area contributed by atoms with Gasteiger partial charge in [0.25, 0.3) is 0 Å². The minimum absolute atomic E-state index is 0.164. The molecule has 1 aromatic heterocycles. The summed E-state index contributed by atoms with van der Waals surface area (Å²) in [5, 5.41) is 1.05. The summed E-state index contributed by atoms with van der Waals surface area (Å²) in [7, 11) is 0. The van der Waals surface area contributed by atoms with Gasteiger partial charge in [0.2, 0.25) is 0 Å². The Labute approximate surface area is 128 Å². The molecule has 2 atom stereocenters. The van der Waals surface area contributed by atoms with Crippen LogP contribution in [0.2, 0.25) is 10.0 Å². The fourth-order valence-corrected chi connectivity index (χ4v) is 2.37. The SMILES string of the molecule is CCC(N)C(Oc1cc(Cl)cc(Cl)c1)c1ccccn1. The maximum absolute atomic E-state index is 6.14. The van der Waals surface area contributed by atoms with Gasteiger partial charge in [-0.25, -0.2) is 0 Å². The molecule has 1 heterocycles. The number of halogens is 2. The highest BCUT2D eigenvalue weighted by atomic mass is 35.5. The van der Waals surface area contributed by atoms with Crippen molar-refractivity contribution in [2.75, 3.05) is 0 Å². The Bertz CT molecular complexity index is 543. The molecule has 0 amide bonds. The van der Waals surface area contributed by atoms with Crippen molar-refractivity contribution in [3.8, 4) is 5.75 Å². The van der Waals surface area contributed by atoms with Crippen molar-refractivity contribution in [2.45, 2.75) is 25.5 Å². The van der Waals surface area contributed by atoms with Crippen molar-refractivity contribution in [1.82, 2.24) is 4.98 Å². The highest BCUT2D eigenvalue weighted by molar-refractivity contribution is 6.34. The number of hydrogen-bond acceptors (Lipinski definition) is 3. The molecule has 20 heavy (non-hydrogen) atoms. The van der Waals surface area contributed by atoms with Crippen LogP contribution in [0.5, 0.6) is 5.75 Å². The largest absolute Gasteiger partial charge is 0.482 e. The van der Waals surface area contributed by atoms with E-state index in [0.29, 0.717) is 15.8 Å². The molecule has 0 saturated heterocycles. The van der Waals surface area contributed by atoms with E-state index in [9.17, 15) is 0 Å². The second-order valence-electron chi connectivity index (χ2n) is 4.47. The van der Waals surface area contributed by atoms with Crippen molar-refractivity contribution in [3.05, 3.63) is 58.3 Å². The first-order valence-corrected chi connectivity index (χ1v) is 7.15. The van der Waals surface area contributed by atoms with E-state index in [1.165, 1.54) is 0 Å². The van der Waals surface area contributed by atoms with E-state index >= 15 is 0 Å². The lowest BCUT2D eigenvalue weighted by Crippen LogP contribution is -2.32. The Kier molecular flexibility index (Phi) is 5.24. The van der Waals surface area contributed by atoms with Gasteiger partial charge in [-0.2, -0.15) is 0 Å². The van der Waals surface area contributed by atoms with Crippen LogP contribution in [0.3, 0.4) is 0 Å². The number of nitrogens with zero attached hydrogens (tertiary/aromatic N) is 1. The van der Waals surface area contributed by atoms with Crippen LogP contribution in [0.4, 0.5) is 0 Å². The number of pyridine rings is 1. The Morgan fingerprint density at radius 1 is 1.20 bits per heavy atom. The quantitative estimate of drug-likeness (QED) is 0.898. The highest BCUT2D eigenvalue weighted by Crippen LogP contribution is 2.29. The van der Waals surface area contributed by atoms with Crippen LogP contribution < -0.4 is 10.5 Å². The molecule has 0 saturated carbocycles. The minimum Gasteiger partial charge on any atom is -0.482 e. The second-order valence-corrected chi connectivity index (χ2v) is 5.34. The molecule has 0 spiro atoms. The van der Waals surface area contributed by atoms with Crippen molar-refractivity contribution in [3.63, 3.8) is 0 Å². The molecular formula is C15H16Cl2N2O. The lowest BCUT2D eigenvalue weighted by molar-refractivity contribution is 0.166. The minimum atomic E-state index is -0.337. The monoisotopic (exact) mass is 310 g/mol. The van der Waals surface area contributed by atoms with Crippen LogP contribution in [0.15, 0.2) is 42.6 Å². The number of hydrogen-bond donors (Lipinski definition) is 1. The second kappa shape index (κ2) is 6.93. The van der Waals surface area contributed by atoms with Crippen molar-refractivity contribution in [1.29, 1.82) is 0 Å². The van der Waals surface area contributed by atoms with Gasteiger partial charge < -0.3 is 10.5 Å². The lowest BCUT2D eigenvalue weighted by atomic mass is 10.1. The van der Waals surface area contributed by atoms with Gasteiger partial charge in [0.15, 0.2) is 6.10 Å². The van der Waals surface area contributed by atoms with E-state index in [0.717, 1.165) is 12.1 Å². The molecule has 2 aromatic rings. The average Bonchev–Trinajstić information content (AvgIpc) is 2.44. The van der Waals surface area contributed by atoms with Crippen LogP contribution in [-0.2, 0) is 0 Å². The zero-order valence-corrected chi connectivity index (χ0v) is 12.6. The van der Waals surface area contributed by atoms with Gasteiger partial charge >= 0.3 is 0 Å².